The van der Waals surface area contributed by atoms with Gasteiger partial charge in [0.2, 0.25) is 5.91 Å². The molecule has 2 N–H and O–H groups in total. The fourth-order valence-corrected chi connectivity index (χ4v) is 3.81. The maximum Gasteiger partial charge on any atom is 0.238 e. The highest BCUT2D eigenvalue weighted by atomic mass is 19.1. The lowest BCUT2D eigenvalue weighted by Crippen LogP contribution is -2.34. The number of hydrogen-bond donors (Lipinski definition) is 2. The molecule has 0 atom stereocenters. The lowest BCUT2D eigenvalue weighted by atomic mass is 10.1. The Balaban J connectivity index is 2.03. The quantitative estimate of drug-likeness (QED) is 0.323. The third-order valence-corrected chi connectivity index (χ3v) is 5.48. The predicted octanol–water partition coefficient (Wildman–Crippen LogP) is 6.62. The van der Waals surface area contributed by atoms with E-state index in [2.05, 4.69) is 41.0 Å². The van der Waals surface area contributed by atoms with Gasteiger partial charge in [0.15, 0.2) is 0 Å². The van der Waals surface area contributed by atoms with Crippen molar-refractivity contribution in [3.8, 4) is 0 Å². The lowest BCUT2D eigenvalue weighted by Gasteiger charge is -2.20. The van der Waals surface area contributed by atoms with Crippen molar-refractivity contribution >= 4 is 28.2 Å². The highest BCUT2D eigenvalue weighted by Crippen LogP contribution is 2.27. The second kappa shape index (κ2) is 13.8. The number of rotatable bonds is 14. The summed E-state index contributed by atoms with van der Waals surface area (Å²) < 4.78 is 14.2. The molecule has 32 heavy (non-hydrogen) atoms. The molecular weight excluding hydrogens is 403 g/mol. The number of nitrogens with zero attached hydrogens (tertiary/aromatic N) is 2. The van der Waals surface area contributed by atoms with Crippen LogP contribution in [-0.4, -0.2) is 41.1 Å². The van der Waals surface area contributed by atoms with Gasteiger partial charge in [-0.3, -0.25) is 14.7 Å². The molecule has 0 saturated heterocycles. The van der Waals surface area contributed by atoms with Gasteiger partial charge in [-0.1, -0.05) is 45.7 Å². The minimum absolute atomic E-state index is 0.00695. The summed E-state index contributed by atoms with van der Waals surface area (Å²) in [6.45, 7) is 10.6. The Bertz CT molecular complexity index is 916. The van der Waals surface area contributed by atoms with Gasteiger partial charge in [0.1, 0.15) is 5.83 Å². The van der Waals surface area contributed by atoms with E-state index < -0.39 is 0 Å². The molecule has 5 nitrogen and oxygen atoms in total. The molecule has 1 aromatic heterocycles. The number of unbranched alkanes of at least 4 members (excludes halogenated alkanes) is 1. The number of aryl methyl sites for hydroxylation is 1. The van der Waals surface area contributed by atoms with Crippen LogP contribution >= 0.6 is 0 Å². The van der Waals surface area contributed by atoms with E-state index in [0.29, 0.717) is 19.4 Å². The van der Waals surface area contributed by atoms with Crippen molar-refractivity contribution in [3.05, 3.63) is 42.0 Å². The minimum Gasteiger partial charge on any atom is -0.359 e. The number of aliphatic imine (C=N–C) groups is 1. The van der Waals surface area contributed by atoms with Gasteiger partial charge in [-0.25, -0.2) is 4.39 Å². The average molecular weight is 443 g/mol. The lowest BCUT2D eigenvalue weighted by molar-refractivity contribution is -0.117. The molecule has 6 heteroatoms. The summed E-state index contributed by atoms with van der Waals surface area (Å²) in [4.78, 5) is 22.3. The maximum atomic E-state index is 14.2. The van der Waals surface area contributed by atoms with Crippen molar-refractivity contribution in [2.75, 3.05) is 25.0 Å². The fourth-order valence-electron chi connectivity index (χ4n) is 3.81. The summed E-state index contributed by atoms with van der Waals surface area (Å²) >= 11 is 0. The van der Waals surface area contributed by atoms with Crippen LogP contribution in [0.1, 0.15) is 71.8 Å². The van der Waals surface area contributed by atoms with E-state index in [1.165, 1.54) is 6.20 Å². The van der Waals surface area contributed by atoms with Gasteiger partial charge in [-0.2, -0.15) is 0 Å². The Morgan fingerprint density at radius 3 is 2.69 bits per heavy atom. The SMILES string of the molecule is CCCCN(CCC)CC(=O)Nc1cccc2c(CC/C(F)=C\N=C(C)CCC)c[nH]c12. The zero-order chi connectivity index (χ0) is 23.3. The highest BCUT2D eigenvalue weighted by molar-refractivity contribution is 6.02. The van der Waals surface area contributed by atoms with Crippen LogP contribution in [0.25, 0.3) is 10.9 Å². The van der Waals surface area contributed by atoms with Crippen LogP contribution in [0.3, 0.4) is 0 Å². The summed E-state index contributed by atoms with van der Waals surface area (Å²) in [5.74, 6) is -0.227. The van der Waals surface area contributed by atoms with Crippen LogP contribution < -0.4 is 5.32 Å². The molecule has 0 fully saturated rings. The largest absolute Gasteiger partial charge is 0.359 e. The number of carbonyl (C=O) groups is 1. The van der Waals surface area contributed by atoms with Gasteiger partial charge < -0.3 is 10.3 Å². The summed E-state index contributed by atoms with van der Waals surface area (Å²) in [5, 5.41) is 4.07. The number of allylic oxidation sites excluding steroid dienone is 1. The number of para-hydroxylation sites is 1. The number of H-pyrrole nitrogens is 1. The Hall–Kier alpha value is -2.47. The van der Waals surface area contributed by atoms with Gasteiger partial charge in [0.05, 0.1) is 23.9 Å². The Morgan fingerprint density at radius 2 is 1.97 bits per heavy atom. The van der Waals surface area contributed by atoms with E-state index in [1.807, 2.05) is 31.3 Å². The van der Waals surface area contributed by atoms with Crippen LogP contribution in [-0.2, 0) is 11.2 Å². The Labute approximate surface area is 192 Å². The first-order valence-electron chi connectivity index (χ1n) is 12.0. The first-order chi connectivity index (χ1) is 15.5. The van der Waals surface area contributed by atoms with Crippen molar-refractivity contribution < 1.29 is 9.18 Å². The molecule has 1 heterocycles. The van der Waals surface area contributed by atoms with Gasteiger partial charge in [-0.15, -0.1) is 0 Å². The molecule has 0 aliphatic rings. The predicted molar refractivity (Wildman–Crippen MR) is 134 cm³/mol. The molecule has 0 unspecified atom stereocenters. The second-order valence-electron chi connectivity index (χ2n) is 8.41. The van der Waals surface area contributed by atoms with Crippen LogP contribution in [0, 0.1) is 0 Å². The monoisotopic (exact) mass is 442 g/mol. The molecule has 0 radical (unpaired) electrons. The zero-order valence-corrected chi connectivity index (χ0v) is 20.1. The van der Waals surface area contributed by atoms with E-state index in [1.54, 1.807) is 0 Å². The third-order valence-electron chi connectivity index (χ3n) is 5.48. The first kappa shape index (κ1) is 25.8. The van der Waals surface area contributed by atoms with Crippen molar-refractivity contribution in [1.82, 2.24) is 9.88 Å². The van der Waals surface area contributed by atoms with Crippen molar-refractivity contribution in [2.24, 2.45) is 4.99 Å². The minimum atomic E-state index is -0.220. The Kier molecular flexibility index (Phi) is 11.2. The number of hydrogen-bond acceptors (Lipinski definition) is 3. The topological polar surface area (TPSA) is 60.5 Å². The molecule has 2 aromatic rings. The molecule has 176 valence electrons. The molecule has 0 saturated carbocycles. The summed E-state index contributed by atoms with van der Waals surface area (Å²) in [6.07, 6.45) is 9.25. The molecule has 0 aliphatic carbocycles. The summed E-state index contributed by atoms with van der Waals surface area (Å²) in [6, 6.07) is 5.84. The molecule has 1 amide bonds. The van der Waals surface area contributed by atoms with Gasteiger partial charge in [0, 0.05) is 23.7 Å². The number of nitrogens with one attached hydrogen (secondary N) is 2. The van der Waals surface area contributed by atoms with Gasteiger partial charge >= 0.3 is 0 Å². The number of aromatic amines is 1. The van der Waals surface area contributed by atoms with Gasteiger partial charge in [0.25, 0.3) is 0 Å². The first-order valence-corrected chi connectivity index (χ1v) is 12.0. The van der Waals surface area contributed by atoms with E-state index in [0.717, 1.165) is 73.1 Å². The number of fused-ring (bicyclic) bond motifs is 1. The van der Waals surface area contributed by atoms with E-state index >= 15 is 0 Å². The number of anilines is 1. The number of aromatic nitrogens is 1. The molecule has 2 rings (SSSR count). The van der Waals surface area contributed by atoms with E-state index in [4.69, 9.17) is 0 Å². The number of carbonyl (C=O) groups excluding carboxylic acids is 1. The molecule has 0 aliphatic heterocycles. The maximum absolute atomic E-state index is 14.2. The van der Waals surface area contributed by atoms with Crippen LogP contribution in [0.5, 0.6) is 0 Å². The number of amides is 1. The van der Waals surface area contributed by atoms with Gasteiger partial charge in [-0.05, 0) is 57.3 Å². The summed E-state index contributed by atoms with van der Waals surface area (Å²) in [5.41, 5.74) is 3.63. The Morgan fingerprint density at radius 1 is 1.16 bits per heavy atom. The standard InChI is InChI=1S/C26H39FN4O/c1-5-8-16-31(15-7-3)19-25(32)30-24-12-9-11-23-21(17-29-26(23)24)13-14-22(27)18-28-20(4)10-6-2/h9,11-12,17-18,29H,5-8,10,13-16,19H2,1-4H3,(H,30,32)/b22-18+,28-20?. The molecule has 1 aromatic carbocycles. The van der Waals surface area contributed by atoms with Crippen molar-refractivity contribution in [1.29, 1.82) is 0 Å². The van der Waals surface area contributed by atoms with Crippen molar-refractivity contribution in [2.45, 2.75) is 72.6 Å². The van der Waals surface area contributed by atoms with E-state index in [-0.39, 0.29) is 11.7 Å². The van der Waals surface area contributed by atoms with Crippen LogP contribution in [0.4, 0.5) is 10.1 Å². The average Bonchev–Trinajstić information content (AvgIpc) is 3.19. The number of halogens is 1. The highest BCUT2D eigenvalue weighted by Gasteiger charge is 2.13. The second-order valence-corrected chi connectivity index (χ2v) is 8.41. The van der Waals surface area contributed by atoms with Crippen molar-refractivity contribution in [3.63, 3.8) is 0 Å². The van der Waals surface area contributed by atoms with Crippen LogP contribution in [0.2, 0.25) is 0 Å². The summed E-state index contributed by atoms with van der Waals surface area (Å²) in [7, 11) is 0. The molecule has 0 spiro atoms. The number of benzene rings is 1. The van der Waals surface area contributed by atoms with Crippen LogP contribution in [0.15, 0.2) is 41.4 Å². The van der Waals surface area contributed by atoms with E-state index in [9.17, 15) is 9.18 Å². The third kappa shape index (κ3) is 8.23. The zero-order valence-electron chi connectivity index (χ0n) is 20.1. The molecule has 0 bridgehead atoms. The smallest absolute Gasteiger partial charge is 0.238 e. The normalized spacial score (nSPS) is 12.7. The fraction of sp³-hybridized carbons (Fsp3) is 0.538. The molecular formula is C26H39FN4O.